The number of halogens is 2. The third kappa shape index (κ3) is 3.07. The van der Waals surface area contributed by atoms with Gasteiger partial charge in [-0.25, -0.2) is 4.79 Å². The first-order valence-electron chi connectivity index (χ1n) is 5.81. The number of likely N-dealkylation sites (N-methyl/N-ethyl adjacent to an activating group) is 1. The average Bonchev–Trinajstić information content (AvgIpc) is 2.83. The van der Waals surface area contributed by atoms with E-state index in [-0.39, 0.29) is 16.5 Å². The third-order valence-electron chi connectivity index (χ3n) is 2.72. The molecule has 21 heavy (non-hydrogen) atoms. The van der Waals surface area contributed by atoms with Crippen molar-refractivity contribution in [2.24, 2.45) is 0 Å². The second kappa shape index (κ2) is 6.51. The molecule has 0 spiro atoms. The fourth-order valence-electron chi connectivity index (χ4n) is 1.64. The molecule has 0 unspecified atom stereocenters. The van der Waals surface area contributed by atoms with Crippen LogP contribution < -0.4 is 10.1 Å². The second-order valence-electron chi connectivity index (χ2n) is 3.95. The van der Waals surface area contributed by atoms with Crippen LogP contribution >= 0.6 is 34.5 Å². The maximum absolute atomic E-state index is 12.0. The van der Waals surface area contributed by atoms with Gasteiger partial charge in [0.25, 0.3) is 5.91 Å². The molecule has 2 aromatic rings. The number of hydrogen-bond donors (Lipinski definition) is 1. The summed E-state index contributed by atoms with van der Waals surface area (Å²) in [6.45, 7) is -0.364. The molecule has 5 nitrogen and oxygen atoms in total. The van der Waals surface area contributed by atoms with Crippen LogP contribution in [0.1, 0.15) is 9.67 Å². The molecule has 0 saturated carbocycles. The average molecular weight is 348 g/mol. The first-order valence-corrected chi connectivity index (χ1v) is 7.39. The summed E-state index contributed by atoms with van der Waals surface area (Å²) in [6, 6.07) is 3.39. The molecular weight excluding hydrogens is 337 g/mol. The zero-order valence-corrected chi connectivity index (χ0v) is 13.5. The van der Waals surface area contributed by atoms with E-state index in [1.54, 1.807) is 12.1 Å². The molecule has 1 aromatic heterocycles. The van der Waals surface area contributed by atoms with E-state index in [2.05, 4.69) is 5.32 Å². The van der Waals surface area contributed by atoms with E-state index in [0.717, 1.165) is 11.3 Å². The number of rotatable bonds is 4. The number of esters is 1. The van der Waals surface area contributed by atoms with Gasteiger partial charge in [0.05, 0.1) is 16.8 Å². The molecule has 0 fully saturated rings. The highest BCUT2D eigenvalue weighted by Crippen LogP contribution is 2.43. The van der Waals surface area contributed by atoms with Gasteiger partial charge in [-0.05, 0) is 12.1 Å². The van der Waals surface area contributed by atoms with Crippen molar-refractivity contribution in [1.82, 2.24) is 5.32 Å². The molecule has 0 aliphatic rings. The van der Waals surface area contributed by atoms with E-state index in [4.69, 9.17) is 32.7 Å². The molecule has 0 saturated heterocycles. The van der Waals surface area contributed by atoms with E-state index >= 15 is 0 Å². The number of thiophene rings is 1. The summed E-state index contributed by atoms with van der Waals surface area (Å²) in [5.74, 6) is -0.576. The normalized spacial score (nSPS) is 10.5. The second-order valence-corrected chi connectivity index (χ2v) is 5.73. The van der Waals surface area contributed by atoms with E-state index in [0.29, 0.717) is 20.9 Å². The highest BCUT2D eigenvalue weighted by Gasteiger charge is 2.21. The molecule has 1 N–H and O–H groups in total. The molecule has 0 radical (unpaired) electrons. The number of carbonyl (C=O) groups is 2. The number of nitrogens with one attached hydrogen (secondary N) is 1. The summed E-state index contributed by atoms with van der Waals surface area (Å²) in [4.78, 5) is 23.3. The highest BCUT2D eigenvalue weighted by atomic mass is 35.5. The quantitative estimate of drug-likeness (QED) is 0.863. The van der Waals surface area contributed by atoms with Crippen LogP contribution in [-0.4, -0.2) is 32.6 Å². The standard InChI is InChI=1S/C13H11Cl2NO4S/c1-16-8(17)5-20-13(18)12-9(14)6-3-4-7(19-2)10(15)11(6)21-12/h3-4H,5H2,1-2H3,(H,16,17). The maximum atomic E-state index is 12.0. The van der Waals surface area contributed by atoms with E-state index in [1.807, 2.05) is 0 Å². The third-order valence-corrected chi connectivity index (χ3v) is 4.92. The Morgan fingerprint density at radius 2 is 2.00 bits per heavy atom. The van der Waals surface area contributed by atoms with Crippen LogP contribution in [0.4, 0.5) is 0 Å². The van der Waals surface area contributed by atoms with Gasteiger partial charge in [0.2, 0.25) is 0 Å². The Hall–Kier alpha value is -1.50. The van der Waals surface area contributed by atoms with Crippen LogP contribution in [-0.2, 0) is 9.53 Å². The van der Waals surface area contributed by atoms with Crippen LogP contribution in [0, 0.1) is 0 Å². The van der Waals surface area contributed by atoms with Gasteiger partial charge >= 0.3 is 5.97 Å². The Labute approximate surface area is 134 Å². The highest BCUT2D eigenvalue weighted by molar-refractivity contribution is 7.22. The first-order chi connectivity index (χ1) is 9.99. The van der Waals surface area contributed by atoms with Crippen molar-refractivity contribution in [2.75, 3.05) is 20.8 Å². The van der Waals surface area contributed by atoms with Gasteiger partial charge in [-0.15, -0.1) is 11.3 Å². The monoisotopic (exact) mass is 347 g/mol. The van der Waals surface area contributed by atoms with Crippen LogP contribution in [0.3, 0.4) is 0 Å². The molecule has 8 heteroatoms. The predicted octanol–water partition coefficient (Wildman–Crippen LogP) is 3.12. The number of fused-ring (bicyclic) bond motifs is 1. The van der Waals surface area contributed by atoms with Gasteiger partial charge in [-0.3, -0.25) is 4.79 Å². The Morgan fingerprint density at radius 1 is 1.29 bits per heavy atom. The van der Waals surface area contributed by atoms with Gasteiger partial charge in [0.15, 0.2) is 6.61 Å². The van der Waals surface area contributed by atoms with E-state index < -0.39 is 11.9 Å². The van der Waals surface area contributed by atoms with Crippen molar-refractivity contribution in [1.29, 1.82) is 0 Å². The number of ether oxygens (including phenoxy) is 2. The fourth-order valence-corrected chi connectivity index (χ4v) is 3.42. The summed E-state index contributed by atoms with van der Waals surface area (Å²) >= 11 is 13.5. The first kappa shape index (κ1) is 15.9. The SMILES string of the molecule is CNC(=O)COC(=O)c1sc2c(Cl)c(OC)ccc2c1Cl. The lowest BCUT2D eigenvalue weighted by Crippen LogP contribution is -2.24. The smallest absolute Gasteiger partial charge is 0.350 e. The van der Waals surface area contributed by atoms with Gasteiger partial charge in [0, 0.05) is 12.4 Å². The number of amides is 1. The summed E-state index contributed by atoms with van der Waals surface area (Å²) in [6.07, 6.45) is 0. The Morgan fingerprint density at radius 3 is 2.62 bits per heavy atom. The molecule has 0 atom stereocenters. The Kier molecular flexibility index (Phi) is 4.92. The van der Waals surface area contributed by atoms with Crippen molar-refractivity contribution < 1.29 is 19.1 Å². The molecule has 112 valence electrons. The molecule has 1 heterocycles. The van der Waals surface area contributed by atoms with Gasteiger partial charge < -0.3 is 14.8 Å². The lowest BCUT2D eigenvalue weighted by atomic mass is 10.2. The summed E-state index contributed by atoms with van der Waals surface area (Å²) in [7, 11) is 2.95. The maximum Gasteiger partial charge on any atom is 0.350 e. The molecule has 0 aliphatic carbocycles. The van der Waals surface area contributed by atoms with Crippen molar-refractivity contribution in [2.45, 2.75) is 0 Å². The van der Waals surface area contributed by atoms with Crippen LogP contribution in [0.5, 0.6) is 5.75 Å². The Balaban J connectivity index is 2.37. The minimum absolute atomic E-state index is 0.200. The minimum Gasteiger partial charge on any atom is -0.495 e. The molecule has 2 rings (SSSR count). The predicted molar refractivity (Wildman–Crippen MR) is 82.7 cm³/mol. The summed E-state index contributed by atoms with van der Waals surface area (Å²) in [5.41, 5.74) is 0. The molecule has 1 aromatic carbocycles. The van der Waals surface area contributed by atoms with E-state index in [9.17, 15) is 9.59 Å². The summed E-state index contributed by atoms with van der Waals surface area (Å²) in [5, 5.41) is 3.63. The molecular formula is C13H11Cl2NO4S. The Bertz CT molecular complexity index is 714. The number of carbonyl (C=O) groups excluding carboxylic acids is 2. The van der Waals surface area contributed by atoms with Crippen molar-refractivity contribution in [3.8, 4) is 5.75 Å². The minimum atomic E-state index is -0.667. The van der Waals surface area contributed by atoms with Gasteiger partial charge in [-0.2, -0.15) is 0 Å². The van der Waals surface area contributed by atoms with Crippen molar-refractivity contribution >= 4 is 56.5 Å². The largest absolute Gasteiger partial charge is 0.495 e. The fraction of sp³-hybridized carbons (Fsp3) is 0.231. The zero-order valence-electron chi connectivity index (χ0n) is 11.2. The lowest BCUT2D eigenvalue weighted by molar-refractivity contribution is -0.123. The van der Waals surface area contributed by atoms with Crippen LogP contribution in [0.15, 0.2) is 12.1 Å². The van der Waals surface area contributed by atoms with Gasteiger partial charge in [-0.1, -0.05) is 23.2 Å². The van der Waals surface area contributed by atoms with Gasteiger partial charge in [0.1, 0.15) is 15.6 Å². The van der Waals surface area contributed by atoms with E-state index in [1.165, 1.54) is 14.2 Å². The lowest BCUT2D eigenvalue weighted by Gasteiger charge is -2.02. The van der Waals surface area contributed by atoms with Crippen LogP contribution in [0.25, 0.3) is 10.1 Å². The van der Waals surface area contributed by atoms with Crippen molar-refractivity contribution in [3.05, 3.63) is 27.1 Å². The number of benzene rings is 1. The number of methoxy groups -OCH3 is 1. The molecule has 1 amide bonds. The summed E-state index contributed by atoms with van der Waals surface area (Å²) < 4.78 is 10.6. The number of hydrogen-bond acceptors (Lipinski definition) is 5. The molecule has 0 bridgehead atoms. The topological polar surface area (TPSA) is 64.6 Å². The molecule has 0 aliphatic heterocycles. The zero-order chi connectivity index (χ0) is 15.6. The van der Waals surface area contributed by atoms with Crippen molar-refractivity contribution in [3.63, 3.8) is 0 Å². The van der Waals surface area contributed by atoms with Crippen LogP contribution in [0.2, 0.25) is 10.0 Å².